The largest absolute Gasteiger partial charge is 0.339 e. The molecular weight excluding hydrogens is 259 g/mol. The minimum atomic E-state index is -0.388. The Morgan fingerprint density at radius 1 is 1.35 bits per heavy atom. The number of carbonyl (C=O) groups is 2. The van der Waals surface area contributed by atoms with Crippen molar-refractivity contribution in [2.24, 2.45) is 5.92 Å². The second-order valence-electron chi connectivity index (χ2n) is 5.53. The van der Waals surface area contributed by atoms with E-state index in [1.54, 1.807) is 12.1 Å². The number of hydrogen-bond acceptors (Lipinski definition) is 2. The zero-order valence-electron chi connectivity index (χ0n) is 11.1. The molecule has 106 valence electrons. The van der Waals surface area contributed by atoms with Crippen molar-refractivity contribution < 1.29 is 14.0 Å². The molecule has 1 aromatic rings. The molecule has 1 saturated heterocycles. The number of carbonyl (C=O) groups excluding carboxylic acids is 2. The molecule has 1 atom stereocenters. The summed E-state index contributed by atoms with van der Waals surface area (Å²) in [4.78, 5) is 25.9. The molecule has 20 heavy (non-hydrogen) atoms. The van der Waals surface area contributed by atoms with Gasteiger partial charge in [-0.25, -0.2) is 4.39 Å². The van der Waals surface area contributed by atoms with Crippen LogP contribution in [0.4, 0.5) is 10.1 Å². The molecule has 2 amide bonds. The Hall–Kier alpha value is -1.91. The topological polar surface area (TPSA) is 49.4 Å². The van der Waals surface area contributed by atoms with E-state index in [1.807, 2.05) is 4.90 Å². The highest BCUT2D eigenvalue weighted by Crippen LogP contribution is 2.31. The third-order valence-electron chi connectivity index (χ3n) is 4.14. The molecule has 1 aliphatic heterocycles. The van der Waals surface area contributed by atoms with E-state index >= 15 is 0 Å². The van der Waals surface area contributed by atoms with Crippen LogP contribution in [-0.2, 0) is 9.59 Å². The van der Waals surface area contributed by atoms with Crippen molar-refractivity contribution in [3.8, 4) is 0 Å². The molecule has 0 bridgehead atoms. The van der Waals surface area contributed by atoms with Gasteiger partial charge in [0.1, 0.15) is 5.82 Å². The number of rotatable bonds is 3. The fraction of sp³-hybridized carbons (Fsp3) is 0.467. The van der Waals surface area contributed by atoms with E-state index in [2.05, 4.69) is 5.32 Å². The fourth-order valence-corrected chi connectivity index (χ4v) is 2.77. The lowest BCUT2D eigenvalue weighted by atomic mass is 9.92. The lowest BCUT2D eigenvalue weighted by Crippen LogP contribution is -2.41. The van der Waals surface area contributed by atoms with Crippen molar-refractivity contribution in [1.29, 1.82) is 0 Å². The van der Waals surface area contributed by atoms with Crippen molar-refractivity contribution in [3.05, 3.63) is 30.1 Å². The molecule has 2 aliphatic rings. The zero-order chi connectivity index (χ0) is 14.1. The molecule has 1 aliphatic carbocycles. The third kappa shape index (κ3) is 2.53. The maximum Gasteiger partial charge on any atom is 0.229 e. The van der Waals surface area contributed by atoms with Crippen LogP contribution >= 0.6 is 0 Å². The van der Waals surface area contributed by atoms with Crippen LogP contribution in [0.25, 0.3) is 0 Å². The summed E-state index contributed by atoms with van der Waals surface area (Å²) in [6.07, 6.45) is 3.51. The minimum Gasteiger partial charge on any atom is -0.339 e. The van der Waals surface area contributed by atoms with Crippen LogP contribution in [0.5, 0.6) is 0 Å². The number of benzene rings is 1. The van der Waals surface area contributed by atoms with E-state index < -0.39 is 0 Å². The van der Waals surface area contributed by atoms with Crippen LogP contribution in [0, 0.1) is 11.7 Å². The highest BCUT2D eigenvalue weighted by Gasteiger charge is 2.39. The highest BCUT2D eigenvalue weighted by molar-refractivity contribution is 5.97. The predicted octanol–water partition coefficient (Wildman–Crippen LogP) is 2.17. The Balaban J connectivity index is 1.62. The number of likely N-dealkylation sites (tertiary alicyclic amines) is 1. The van der Waals surface area contributed by atoms with Gasteiger partial charge in [-0.3, -0.25) is 9.59 Å². The van der Waals surface area contributed by atoms with Crippen LogP contribution in [0.3, 0.4) is 0 Å². The van der Waals surface area contributed by atoms with Gasteiger partial charge in [-0.2, -0.15) is 0 Å². The van der Waals surface area contributed by atoms with Crippen LogP contribution in [0.1, 0.15) is 25.7 Å². The summed E-state index contributed by atoms with van der Waals surface area (Å²) >= 11 is 0. The molecule has 1 saturated carbocycles. The summed E-state index contributed by atoms with van der Waals surface area (Å²) in [5.74, 6) is -0.854. The maximum atomic E-state index is 13.1. The summed E-state index contributed by atoms with van der Waals surface area (Å²) in [6.45, 7) is 0.491. The smallest absolute Gasteiger partial charge is 0.229 e. The Kier molecular flexibility index (Phi) is 3.42. The summed E-state index contributed by atoms with van der Waals surface area (Å²) in [7, 11) is 0. The standard InChI is InChI=1S/C15H17FN2O2/c16-11-3-1-4-12(8-11)17-15(20)10-7-14(19)18(9-10)13-5-2-6-13/h1,3-4,8,10,13H,2,5-7,9H2,(H,17,20). The third-order valence-corrected chi connectivity index (χ3v) is 4.14. The Bertz CT molecular complexity index is 542. The molecule has 1 aromatic carbocycles. The van der Waals surface area contributed by atoms with E-state index in [9.17, 15) is 14.0 Å². The van der Waals surface area contributed by atoms with Crippen molar-refractivity contribution in [2.75, 3.05) is 11.9 Å². The number of anilines is 1. The van der Waals surface area contributed by atoms with E-state index in [-0.39, 0.29) is 30.0 Å². The predicted molar refractivity (Wildman–Crippen MR) is 72.5 cm³/mol. The van der Waals surface area contributed by atoms with Crippen molar-refractivity contribution in [1.82, 2.24) is 4.90 Å². The Morgan fingerprint density at radius 3 is 2.80 bits per heavy atom. The average Bonchev–Trinajstić information content (AvgIpc) is 2.70. The van der Waals surface area contributed by atoms with Crippen LogP contribution in [0.2, 0.25) is 0 Å². The quantitative estimate of drug-likeness (QED) is 0.919. The molecule has 3 rings (SSSR count). The monoisotopic (exact) mass is 276 g/mol. The molecule has 1 heterocycles. The molecule has 0 spiro atoms. The van der Waals surface area contributed by atoms with Crippen LogP contribution in [0.15, 0.2) is 24.3 Å². The van der Waals surface area contributed by atoms with Crippen LogP contribution in [-0.4, -0.2) is 29.3 Å². The molecule has 1 unspecified atom stereocenters. The first-order chi connectivity index (χ1) is 9.63. The van der Waals surface area contributed by atoms with E-state index in [0.29, 0.717) is 18.3 Å². The molecule has 1 N–H and O–H groups in total. The molecule has 5 heteroatoms. The number of nitrogens with zero attached hydrogens (tertiary/aromatic N) is 1. The van der Waals surface area contributed by atoms with Gasteiger partial charge >= 0.3 is 0 Å². The van der Waals surface area contributed by atoms with Gasteiger partial charge in [-0.05, 0) is 37.5 Å². The van der Waals surface area contributed by atoms with Gasteiger partial charge in [0.05, 0.1) is 5.92 Å². The summed E-state index contributed by atoms with van der Waals surface area (Å²) in [5.41, 5.74) is 0.435. The van der Waals surface area contributed by atoms with Crippen LogP contribution < -0.4 is 5.32 Å². The van der Waals surface area contributed by atoms with Gasteiger partial charge in [0.15, 0.2) is 0 Å². The summed E-state index contributed by atoms with van der Waals surface area (Å²) < 4.78 is 13.1. The van der Waals surface area contributed by atoms with Gasteiger partial charge in [0.2, 0.25) is 11.8 Å². The SMILES string of the molecule is O=C(Nc1cccc(F)c1)C1CC(=O)N(C2CCC2)C1. The first-order valence-corrected chi connectivity index (χ1v) is 6.99. The number of amides is 2. The van der Waals surface area contributed by atoms with E-state index in [1.165, 1.54) is 12.1 Å². The van der Waals surface area contributed by atoms with E-state index in [4.69, 9.17) is 0 Å². The van der Waals surface area contributed by atoms with Gasteiger partial charge in [-0.15, -0.1) is 0 Å². The normalized spacial score (nSPS) is 22.8. The first kappa shape index (κ1) is 13.1. The molecule has 4 nitrogen and oxygen atoms in total. The summed E-state index contributed by atoms with van der Waals surface area (Å²) in [5, 5.41) is 2.68. The highest BCUT2D eigenvalue weighted by atomic mass is 19.1. The molecule has 0 aromatic heterocycles. The number of halogens is 1. The molecule has 0 radical (unpaired) electrons. The van der Waals surface area contributed by atoms with Gasteiger partial charge < -0.3 is 10.2 Å². The fourth-order valence-electron chi connectivity index (χ4n) is 2.77. The molecule has 2 fully saturated rings. The van der Waals surface area contributed by atoms with Gasteiger partial charge in [0, 0.05) is 24.7 Å². The summed E-state index contributed by atoms with van der Waals surface area (Å²) in [6, 6.07) is 6.12. The van der Waals surface area contributed by atoms with Crippen molar-refractivity contribution >= 4 is 17.5 Å². The number of nitrogens with one attached hydrogen (secondary N) is 1. The Labute approximate surface area is 117 Å². The minimum absolute atomic E-state index is 0.0640. The van der Waals surface area contributed by atoms with Crippen molar-refractivity contribution in [3.63, 3.8) is 0 Å². The van der Waals surface area contributed by atoms with Gasteiger partial charge in [-0.1, -0.05) is 6.07 Å². The van der Waals surface area contributed by atoms with Gasteiger partial charge in [0.25, 0.3) is 0 Å². The average molecular weight is 276 g/mol. The maximum absolute atomic E-state index is 13.1. The first-order valence-electron chi connectivity index (χ1n) is 6.99. The molecular formula is C15H17FN2O2. The lowest BCUT2D eigenvalue weighted by molar-refractivity contribution is -0.131. The second kappa shape index (κ2) is 5.23. The lowest BCUT2D eigenvalue weighted by Gasteiger charge is -2.34. The van der Waals surface area contributed by atoms with E-state index in [0.717, 1.165) is 19.3 Å². The number of hydrogen-bond donors (Lipinski definition) is 1. The zero-order valence-corrected chi connectivity index (χ0v) is 11.1. The second-order valence-corrected chi connectivity index (χ2v) is 5.53. The van der Waals surface area contributed by atoms with Crippen molar-refractivity contribution in [2.45, 2.75) is 31.7 Å². The Morgan fingerprint density at radius 2 is 2.15 bits per heavy atom.